The van der Waals surface area contributed by atoms with Gasteiger partial charge >= 0.3 is 0 Å². The van der Waals surface area contributed by atoms with Gasteiger partial charge in [0.15, 0.2) is 8.32 Å². The predicted octanol–water partition coefficient (Wildman–Crippen LogP) is 5.21. The minimum atomic E-state index is -1.61. The molecule has 0 fully saturated rings. The van der Waals surface area contributed by atoms with Gasteiger partial charge in [-0.05, 0) is 48.2 Å². The topological polar surface area (TPSA) is 18.5 Å². The van der Waals surface area contributed by atoms with Gasteiger partial charge in [-0.1, -0.05) is 39.8 Å². The molecule has 1 rings (SSSR count). The van der Waals surface area contributed by atoms with E-state index in [1.54, 1.807) is 7.11 Å². The lowest BCUT2D eigenvalue weighted by atomic mass is 9.98. The molecule has 3 heteroatoms. The van der Waals surface area contributed by atoms with Crippen LogP contribution in [0.3, 0.4) is 0 Å². The summed E-state index contributed by atoms with van der Waals surface area (Å²) in [4.78, 5) is 0. The molecule has 0 N–H and O–H groups in total. The Bertz CT molecular complexity index is 404. The highest BCUT2D eigenvalue weighted by molar-refractivity contribution is 6.74. The molecular formula is C17H30O2Si. The molecule has 1 aromatic rings. The van der Waals surface area contributed by atoms with E-state index in [1.165, 1.54) is 5.56 Å². The van der Waals surface area contributed by atoms with Crippen LogP contribution in [0.4, 0.5) is 0 Å². The van der Waals surface area contributed by atoms with Crippen LogP contribution >= 0.6 is 0 Å². The second-order valence-corrected chi connectivity index (χ2v) is 11.9. The van der Waals surface area contributed by atoms with E-state index in [1.807, 2.05) is 12.1 Å². The molecule has 0 aromatic heterocycles. The van der Waals surface area contributed by atoms with E-state index in [4.69, 9.17) is 9.16 Å². The lowest BCUT2D eigenvalue weighted by Crippen LogP contribution is -2.41. The summed E-state index contributed by atoms with van der Waals surface area (Å²) in [5, 5.41) is 0.288. The van der Waals surface area contributed by atoms with Gasteiger partial charge in [0.05, 0.1) is 7.11 Å². The van der Waals surface area contributed by atoms with E-state index in [0.717, 1.165) is 18.8 Å². The van der Waals surface area contributed by atoms with Crippen molar-refractivity contribution in [2.75, 3.05) is 13.7 Å². The van der Waals surface area contributed by atoms with Gasteiger partial charge < -0.3 is 9.16 Å². The van der Waals surface area contributed by atoms with Crippen molar-refractivity contribution in [3.8, 4) is 5.75 Å². The van der Waals surface area contributed by atoms with Crippen molar-refractivity contribution in [2.24, 2.45) is 0 Å². The number of benzene rings is 1. The largest absolute Gasteiger partial charge is 0.497 e. The highest BCUT2D eigenvalue weighted by atomic mass is 28.4. The molecule has 0 aliphatic rings. The first-order valence-corrected chi connectivity index (χ1v) is 10.4. The molecule has 1 unspecified atom stereocenters. The first-order chi connectivity index (χ1) is 9.17. The molecule has 0 bridgehead atoms. The molecule has 0 spiro atoms. The molecule has 1 atom stereocenters. The molecule has 2 nitrogen and oxygen atoms in total. The van der Waals surface area contributed by atoms with E-state index in [-0.39, 0.29) is 5.04 Å². The van der Waals surface area contributed by atoms with Gasteiger partial charge in [0.25, 0.3) is 0 Å². The van der Waals surface area contributed by atoms with Crippen LogP contribution in [0.25, 0.3) is 0 Å². The highest BCUT2D eigenvalue weighted by Gasteiger charge is 2.36. The Balaban J connectivity index is 2.49. The fourth-order valence-corrected chi connectivity index (χ4v) is 2.87. The maximum atomic E-state index is 6.25. The zero-order chi connectivity index (χ0) is 15.4. The fourth-order valence-electron chi connectivity index (χ4n) is 1.81. The summed E-state index contributed by atoms with van der Waals surface area (Å²) in [6, 6.07) is 8.35. The summed E-state index contributed by atoms with van der Waals surface area (Å²) in [5.74, 6) is 1.43. The van der Waals surface area contributed by atoms with Crippen molar-refractivity contribution in [1.82, 2.24) is 0 Å². The van der Waals surface area contributed by atoms with Crippen molar-refractivity contribution >= 4 is 8.32 Å². The van der Waals surface area contributed by atoms with Crippen LogP contribution in [0.5, 0.6) is 5.75 Å². The smallest absolute Gasteiger partial charge is 0.191 e. The fraction of sp³-hybridized carbons (Fsp3) is 0.647. The first kappa shape index (κ1) is 17.2. The van der Waals surface area contributed by atoms with Crippen molar-refractivity contribution in [2.45, 2.75) is 58.2 Å². The third-order valence-electron chi connectivity index (χ3n) is 4.50. The maximum Gasteiger partial charge on any atom is 0.191 e. The molecule has 0 radical (unpaired) electrons. The zero-order valence-electron chi connectivity index (χ0n) is 14.1. The molecule has 0 saturated heterocycles. The number of hydrogen-bond acceptors (Lipinski definition) is 2. The molecule has 0 aliphatic heterocycles. The minimum absolute atomic E-state index is 0.288. The number of rotatable bonds is 6. The van der Waals surface area contributed by atoms with Gasteiger partial charge in [-0.2, -0.15) is 0 Å². The lowest BCUT2D eigenvalue weighted by Gasteiger charge is -2.36. The summed E-state index contributed by atoms with van der Waals surface area (Å²) in [6.45, 7) is 14.6. The standard InChI is InChI=1S/C17H30O2Si/c1-14(15-8-10-16(18-5)11-9-15)12-13-19-20(6,7)17(2,3)4/h8-11,14H,12-13H2,1-7H3. The summed E-state index contributed by atoms with van der Waals surface area (Å²) in [5.41, 5.74) is 1.35. The van der Waals surface area contributed by atoms with Gasteiger partial charge in [0.1, 0.15) is 5.75 Å². The van der Waals surface area contributed by atoms with Crippen LogP contribution < -0.4 is 4.74 Å². The second kappa shape index (κ2) is 6.77. The third kappa shape index (κ3) is 4.64. The number of hydrogen-bond donors (Lipinski definition) is 0. The Labute approximate surface area is 125 Å². The van der Waals surface area contributed by atoms with Gasteiger partial charge in [-0.25, -0.2) is 0 Å². The molecule has 0 aliphatic carbocycles. The molecule has 1 aromatic carbocycles. The van der Waals surface area contributed by atoms with Crippen LogP contribution in [-0.4, -0.2) is 22.0 Å². The quantitative estimate of drug-likeness (QED) is 0.670. The van der Waals surface area contributed by atoms with Gasteiger partial charge in [0.2, 0.25) is 0 Å². The van der Waals surface area contributed by atoms with Crippen LogP contribution in [0.15, 0.2) is 24.3 Å². The monoisotopic (exact) mass is 294 g/mol. The molecule has 0 amide bonds. The first-order valence-electron chi connectivity index (χ1n) is 7.45. The second-order valence-electron chi connectivity index (χ2n) is 7.07. The van der Waals surface area contributed by atoms with E-state index in [2.05, 4.69) is 52.9 Å². The summed E-state index contributed by atoms with van der Waals surface area (Å²) >= 11 is 0. The zero-order valence-corrected chi connectivity index (χ0v) is 15.1. The predicted molar refractivity (Wildman–Crippen MR) is 89.2 cm³/mol. The van der Waals surface area contributed by atoms with Gasteiger partial charge in [-0.3, -0.25) is 0 Å². The molecule has 0 heterocycles. The van der Waals surface area contributed by atoms with E-state index < -0.39 is 8.32 Å². The van der Waals surface area contributed by atoms with Crippen molar-refractivity contribution < 1.29 is 9.16 Å². The number of ether oxygens (including phenoxy) is 1. The summed E-state index contributed by atoms with van der Waals surface area (Å²) in [6.07, 6.45) is 1.07. The van der Waals surface area contributed by atoms with E-state index in [0.29, 0.717) is 5.92 Å². The van der Waals surface area contributed by atoms with Gasteiger partial charge in [-0.15, -0.1) is 0 Å². The van der Waals surface area contributed by atoms with Gasteiger partial charge in [0, 0.05) is 6.61 Å². The van der Waals surface area contributed by atoms with E-state index in [9.17, 15) is 0 Å². The lowest BCUT2D eigenvalue weighted by molar-refractivity contribution is 0.274. The minimum Gasteiger partial charge on any atom is -0.497 e. The molecule has 0 saturated carbocycles. The Morgan fingerprint density at radius 3 is 2.10 bits per heavy atom. The Morgan fingerprint density at radius 1 is 1.10 bits per heavy atom. The average Bonchev–Trinajstić information content (AvgIpc) is 2.37. The van der Waals surface area contributed by atoms with Crippen molar-refractivity contribution in [3.05, 3.63) is 29.8 Å². The molecular weight excluding hydrogens is 264 g/mol. The third-order valence-corrected chi connectivity index (χ3v) is 9.04. The average molecular weight is 295 g/mol. The van der Waals surface area contributed by atoms with Crippen LogP contribution in [-0.2, 0) is 4.43 Å². The summed E-state index contributed by atoms with van der Waals surface area (Å²) < 4.78 is 11.4. The Kier molecular flexibility index (Phi) is 5.84. The molecule has 114 valence electrons. The normalized spacial score (nSPS) is 14.2. The summed E-state index contributed by atoms with van der Waals surface area (Å²) in [7, 11) is 0.0925. The van der Waals surface area contributed by atoms with Crippen molar-refractivity contribution in [1.29, 1.82) is 0 Å². The number of methoxy groups -OCH3 is 1. The van der Waals surface area contributed by atoms with Crippen LogP contribution in [0.1, 0.15) is 45.6 Å². The maximum absolute atomic E-state index is 6.25. The van der Waals surface area contributed by atoms with Crippen LogP contribution in [0.2, 0.25) is 18.1 Å². The van der Waals surface area contributed by atoms with Crippen LogP contribution in [0, 0.1) is 0 Å². The Hall–Kier alpha value is -0.803. The highest BCUT2D eigenvalue weighted by Crippen LogP contribution is 2.36. The molecule has 20 heavy (non-hydrogen) atoms. The Morgan fingerprint density at radius 2 is 1.65 bits per heavy atom. The SMILES string of the molecule is COc1ccc(C(C)CCO[Si](C)(C)C(C)(C)C)cc1. The van der Waals surface area contributed by atoms with Crippen molar-refractivity contribution in [3.63, 3.8) is 0 Å². The van der Waals surface area contributed by atoms with E-state index >= 15 is 0 Å².